The summed E-state index contributed by atoms with van der Waals surface area (Å²) in [6.07, 6.45) is 5.82. The molecule has 26 heavy (non-hydrogen) atoms. The van der Waals surface area contributed by atoms with E-state index in [9.17, 15) is 0 Å². The normalized spacial score (nSPS) is 16.7. The minimum Gasteiger partial charge on any atom is -0.371 e. The summed E-state index contributed by atoms with van der Waals surface area (Å²) in [7, 11) is 0. The molecule has 1 atom stereocenters. The van der Waals surface area contributed by atoms with Crippen molar-refractivity contribution in [3.63, 3.8) is 0 Å². The third-order valence-electron chi connectivity index (χ3n) is 4.85. The van der Waals surface area contributed by atoms with E-state index in [0.29, 0.717) is 0 Å². The zero-order valence-electron chi connectivity index (χ0n) is 15.7. The van der Waals surface area contributed by atoms with E-state index < -0.39 is 0 Å². The highest BCUT2D eigenvalue weighted by atomic mass is 15.0. The van der Waals surface area contributed by atoms with Crippen molar-refractivity contribution in [1.29, 1.82) is 0 Å². The van der Waals surface area contributed by atoms with Gasteiger partial charge in [0.1, 0.15) is 11.9 Å². The van der Waals surface area contributed by atoms with Crippen LogP contribution in [-0.4, -0.2) is 17.2 Å². The molecule has 3 heteroatoms. The van der Waals surface area contributed by atoms with Crippen molar-refractivity contribution in [3.05, 3.63) is 78.0 Å². The number of aromatic nitrogens is 1. The maximum Gasteiger partial charge on any atom is 0.111 e. The molecule has 0 saturated heterocycles. The minimum atomic E-state index is -0.0794. The fourth-order valence-corrected chi connectivity index (χ4v) is 3.41. The van der Waals surface area contributed by atoms with E-state index in [2.05, 4.69) is 74.3 Å². The Kier molecular flexibility index (Phi) is 5.27. The molecule has 3 nitrogen and oxygen atoms in total. The van der Waals surface area contributed by atoms with Crippen LogP contribution in [0.4, 0.5) is 5.82 Å². The Balaban J connectivity index is 2.18. The molecular formula is C23H27N3. The van der Waals surface area contributed by atoms with Crippen molar-refractivity contribution in [2.75, 3.05) is 11.9 Å². The molecule has 0 amide bonds. The molecular weight excluding hydrogens is 318 g/mol. The third-order valence-corrected chi connectivity index (χ3v) is 4.85. The number of allylic oxidation sites excluding steroid dienone is 2. The average Bonchev–Trinajstić information content (AvgIpc) is 3.05. The molecule has 0 bridgehead atoms. The molecule has 2 N–H and O–H groups in total. The highest BCUT2D eigenvalue weighted by Gasteiger charge is 2.28. The van der Waals surface area contributed by atoms with Gasteiger partial charge in [-0.3, -0.25) is 4.99 Å². The van der Waals surface area contributed by atoms with Crippen LogP contribution in [-0.2, 0) is 0 Å². The lowest BCUT2D eigenvalue weighted by molar-refractivity contribution is 0.870. The number of benzene rings is 1. The summed E-state index contributed by atoms with van der Waals surface area (Å²) in [5.74, 6) is 1.01. The predicted molar refractivity (Wildman–Crippen MR) is 114 cm³/mol. The molecule has 0 saturated carbocycles. The number of nitrogens with zero attached hydrogens (tertiary/aromatic N) is 1. The van der Waals surface area contributed by atoms with Crippen molar-refractivity contribution in [2.45, 2.75) is 32.7 Å². The summed E-state index contributed by atoms with van der Waals surface area (Å²) >= 11 is 0. The first-order chi connectivity index (χ1) is 12.6. The fourth-order valence-electron chi connectivity index (χ4n) is 3.41. The zero-order valence-corrected chi connectivity index (χ0v) is 15.7. The van der Waals surface area contributed by atoms with Crippen LogP contribution < -0.4 is 5.32 Å². The first-order valence-corrected chi connectivity index (χ1v) is 9.23. The van der Waals surface area contributed by atoms with E-state index in [1.165, 1.54) is 0 Å². The zero-order chi connectivity index (χ0) is 18.7. The second-order valence-electron chi connectivity index (χ2n) is 6.58. The molecule has 0 aliphatic carbocycles. The number of hydrogen-bond donors (Lipinski definition) is 2. The summed E-state index contributed by atoms with van der Waals surface area (Å²) in [5.41, 5.74) is 7.38. The van der Waals surface area contributed by atoms with Crippen molar-refractivity contribution >= 4 is 23.2 Å². The molecule has 0 fully saturated rings. The van der Waals surface area contributed by atoms with Crippen LogP contribution in [0.2, 0.25) is 0 Å². The Morgan fingerprint density at radius 2 is 2.04 bits per heavy atom. The number of rotatable bonds is 6. The summed E-state index contributed by atoms with van der Waals surface area (Å²) in [5, 5.41) is 3.48. The number of H-pyrrole nitrogens is 1. The molecule has 1 aliphatic rings. The van der Waals surface area contributed by atoms with Gasteiger partial charge < -0.3 is 10.3 Å². The minimum absolute atomic E-state index is 0.0794. The van der Waals surface area contributed by atoms with Gasteiger partial charge in [0.25, 0.3) is 0 Å². The van der Waals surface area contributed by atoms with E-state index in [-0.39, 0.29) is 6.04 Å². The Bertz CT molecular complexity index is 883. The van der Waals surface area contributed by atoms with Gasteiger partial charge in [0.2, 0.25) is 0 Å². The summed E-state index contributed by atoms with van der Waals surface area (Å²) in [6.45, 7) is 17.7. The van der Waals surface area contributed by atoms with Gasteiger partial charge in [-0.05, 0) is 41.2 Å². The second kappa shape index (κ2) is 7.61. The van der Waals surface area contributed by atoms with Gasteiger partial charge in [-0.15, -0.1) is 0 Å². The maximum absolute atomic E-state index is 5.08. The molecule has 1 aromatic carbocycles. The Hall–Kier alpha value is -2.81. The third kappa shape index (κ3) is 3.17. The number of fused-ring (bicyclic) bond motifs is 1. The summed E-state index contributed by atoms with van der Waals surface area (Å²) < 4.78 is 0. The average molecular weight is 345 g/mol. The lowest BCUT2D eigenvalue weighted by Gasteiger charge is -2.14. The van der Waals surface area contributed by atoms with Gasteiger partial charge in [-0.2, -0.15) is 0 Å². The highest BCUT2D eigenvalue weighted by Crippen LogP contribution is 2.42. The molecule has 134 valence electrons. The van der Waals surface area contributed by atoms with E-state index in [4.69, 9.17) is 4.99 Å². The molecule has 3 rings (SSSR count). The first kappa shape index (κ1) is 18.0. The maximum atomic E-state index is 5.08. The van der Waals surface area contributed by atoms with Crippen LogP contribution in [0.25, 0.3) is 11.6 Å². The molecule has 2 aromatic rings. The van der Waals surface area contributed by atoms with E-state index >= 15 is 0 Å². The topological polar surface area (TPSA) is 40.2 Å². The SMILES string of the molecule is C=Cc1cccc(C2N=C(CC)C(=C)C(=C)c3c2c[nH]c3NCCC)c1. The van der Waals surface area contributed by atoms with Gasteiger partial charge in [-0.1, -0.05) is 57.9 Å². The molecule has 0 radical (unpaired) electrons. The lowest BCUT2D eigenvalue weighted by atomic mass is 9.92. The van der Waals surface area contributed by atoms with Crippen molar-refractivity contribution in [1.82, 2.24) is 4.98 Å². The highest BCUT2D eigenvalue weighted by molar-refractivity contribution is 6.14. The number of anilines is 1. The number of aliphatic imine (C=N–C) groups is 1. The van der Waals surface area contributed by atoms with E-state index in [1.807, 2.05) is 6.08 Å². The summed E-state index contributed by atoms with van der Waals surface area (Å²) in [6, 6.07) is 8.32. The fraction of sp³-hybridized carbons (Fsp3) is 0.261. The van der Waals surface area contributed by atoms with E-state index in [1.54, 1.807) is 0 Å². The van der Waals surface area contributed by atoms with Gasteiger partial charge in [0, 0.05) is 29.6 Å². The van der Waals surface area contributed by atoms with E-state index in [0.717, 1.165) is 64.3 Å². The molecule has 2 heterocycles. The summed E-state index contributed by atoms with van der Waals surface area (Å²) in [4.78, 5) is 8.47. The lowest BCUT2D eigenvalue weighted by Crippen LogP contribution is -2.04. The van der Waals surface area contributed by atoms with Crippen molar-refractivity contribution in [3.8, 4) is 0 Å². The van der Waals surface area contributed by atoms with Gasteiger partial charge in [0.05, 0.1) is 0 Å². The first-order valence-electron chi connectivity index (χ1n) is 9.23. The predicted octanol–water partition coefficient (Wildman–Crippen LogP) is 6.00. The van der Waals surface area contributed by atoms with Gasteiger partial charge >= 0.3 is 0 Å². The number of nitrogens with one attached hydrogen (secondary N) is 2. The largest absolute Gasteiger partial charge is 0.371 e. The van der Waals surface area contributed by atoms with Crippen LogP contribution in [0.3, 0.4) is 0 Å². The molecule has 0 spiro atoms. The second-order valence-corrected chi connectivity index (χ2v) is 6.58. The van der Waals surface area contributed by atoms with Crippen LogP contribution in [0.5, 0.6) is 0 Å². The quantitative estimate of drug-likeness (QED) is 0.662. The smallest absolute Gasteiger partial charge is 0.111 e. The van der Waals surface area contributed by atoms with Crippen molar-refractivity contribution < 1.29 is 0 Å². The molecule has 1 aliphatic heterocycles. The van der Waals surface area contributed by atoms with Gasteiger partial charge in [0.15, 0.2) is 0 Å². The van der Waals surface area contributed by atoms with Crippen LogP contribution >= 0.6 is 0 Å². The molecule has 1 aromatic heterocycles. The van der Waals surface area contributed by atoms with Gasteiger partial charge in [-0.25, -0.2) is 0 Å². The Labute approximate surface area is 156 Å². The Morgan fingerprint density at radius 3 is 2.73 bits per heavy atom. The standard InChI is InChI=1S/C23H27N3/c1-6-12-24-23-21-16(5)15(4)20(8-3)26-22(19(21)14-25-23)18-11-9-10-17(7-2)13-18/h7,9-11,13-14,22,24-25H,2,4-6,8,12H2,1,3H3. The van der Waals surface area contributed by atoms with Crippen LogP contribution in [0.1, 0.15) is 55.0 Å². The monoisotopic (exact) mass is 345 g/mol. The van der Waals surface area contributed by atoms with Crippen molar-refractivity contribution in [2.24, 2.45) is 4.99 Å². The van der Waals surface area contributed by atoms with Crippen LogP contribution in [0, 0.1) is 0 Å². The Morgan fingerprint density at radius 1 is 1.23 bits per heavy atom. The van der Waals surface area contributed by atoms with Crippen LogP contribution in [0.15, 0.2) is 60.8 Å². The number of aromatic amines is 1. The molecule has 1 unspecified atom stereocenters. The number of hydrogen-bond acceptors (Lipinski definition) is 2.